The molecule has 0 unspecified atom stereocenters. The van der Waals surface area contributed by atoms with Crippen LogP contribution < -0.4 is 0 Å². The lowest BCUT2D eigenvalue weighted by atomic mass is 10.1. The second-order valence-electron chi connectivity index (χ2n) is 3.79. The number of pyridine rings is 1. The molecule has 19 heavy (non-hydrogen) atoms. The Bertz CT molecular complexity index is 531. The van der Waals surface area contributed by atoms with Crippen LogP contribution in [-0.2, 0) is 9.47 Å². The van der Waals surface area contributed by atoms with Gasteiger partial charge in [0.25, 0.3) is 0 Å². The van der Waals surface area contributed by atoms with E-state index in [0.29, 0.717) is 5.69 Å². The van der Waals surface area contributed by atoms with Gasteiger partial charge in [-0.2, -0.15) is 0 Å². The molecular weight excluding hydrogens is 246 g/mol. The summed E-state index contributed by atoms with van der Waals surface area (Å²) in [4.78, 5) is 27.4. The van der Waals surface area contributed by atoms with E-state index in [0.717, 1.165) is 0 Å². The molecule has 0 fully saturated rings. The van der Waals surface area contributed by atoms with Crippen molar-refractivity contribution >= 4 is 11.9 Å². The van der Waals surface area contributed by atoms with Crippen molar-refractivity contribution in [2.24, 2.45) is 0 Å². The molecule has 0 bridgehead atoms. The van der Waals surface area contributed by atoms with Crippen molar-refractivity contribution in [3.8, 4) is 12.3 Å². The Morgan fingerprint density at radius 2 is 2.16 bits per heavy atom. The van der Waals surface area contributed by atoms with Crippen LogP contribution in [0.4, 0.5) is 0 Å². The summed E-state index contributed by atoms with van der Waals surface area (Å²) in [6.45, 7) is 5.17. The number of rotatable bonds is 4. The Morgan fingerprint density at radius 3 is 2.74 bits per heavy atom. The normalized spacial score (nSPS) is 11.3. The molecule has 1 atom stereocenters. The Hall–Kier alpha value is -2.35. The zero-order valence-corrected chi connectivity index (χ0v) is 11.1. The number of carbonyl (C=O) groups excluding carboxylic acids is 2. The highest BCUT2D eigenvalue weighted by molar-refractivity contribution is 5.95. The Balaban J connectivity index is 3.01. The first-order chi connectivity index (χ1) is 8.99. The van der Waals surface area contributed by atoms with Gasteiger partial charge in [-0.1, -0.05) is 5.92 Å². The largest absolute Gasteiger partial charge is 0.462 e. The summed E-state index contributed by atoms with van der Waals surface area (Å²) in [6.07, 6.45) is 5.85. The average Bonchev–Trinajstić information content (AvgIpc) is 2.39. The third-order valence-corrected chi connectivity index (χ3v) is 2.34. The van der Waals surface area contributed by atoms with E-state index in [1.54, 1.807) is 20.8 Å². The molecule has 100 valence electrons. The van der Waals surface area contributed by atoms with E-state index in [-0.39, 0.29) is 17.7 Å². The number of esters is 2. The molecule has 0 aliphatic heterocycles. The minimum Gasteiger partial charge on any atom is -0.462 e. The molecule has 0 aromatic carbocycles. The van der Waals surface area contributed by atoms with Crippen molar-refractivity contribution in [1.82, 2.24) is 4.98 Å². The molecule has 1 rings (SSSR count). The molecule has 0 amide bonds. The molecule has 0 saturated heterocycles. The third kappa shape index (κ3) is 3.81. The fourth-order valence-corrected chi connectivity index (χ4v) is 1.32. The van der Waals surface area contributed by atoms with Crippen LogP contribution in [0.15, 0.2) is 12.3 Å². The van der Waals surface area contributed by atoms with Crippen LogP contribution in [0.1, 0.15) is 40.3 Å². The van der Waals surface area contributed by atoms with Gasteiger partial charge in [0.15, 0.2) is 6.10 Å². The van der Waals surface area contributed by atoms with Crippen LogP contribution in [0.5, 0.6) is 0 Å². The number of carbonyl (C=O) groups is 2. The summed E-state index contributed by atoms with van der Waals surface area (Å²) in [5.74, 6) is 1.14. The number of hydrogen-bond acceptors (Lipinski definition) is 5. The van der Waals surface area contributed by atoms with E-state index in [4.69, 9.17) is 15.9 Å². The zero-order valence-electron chi connectivity index (χ0n) is 11.1. The Kier molecular flexibility index (Phi) is 5.07. The topological polar surface area (TPSA) is 65.5 Å². The first-order valence-electron chi connectivity index (χ1n) is 5.80. The smallest absolute Gasteiger partial charge is 0.341 e. The van der Waals surface area contributed by atoms with E-state index in [9.17, 15) is 9.59 Å². The van der Waals surface area contributed by atoms with E-state index in [1.165, 1.54) is 12.3 Å². The number of ether oxygens (including phenoxy) is 2. The van der Waals surface area contributed by atoms with Gasteiger partial charge in [0, 0.05) is 6.20 Å². The van der Waals surface area contributed by atoms with Gasteiger partial charge in [-0.15, -0.1) is 6.42 Å². The quantitative estimate of drug-likeness (QED) is 0.610. The van der Waals surface area contributed by atoms with Gasteiger partial charge in [-0.3, -0.25) is 4.98 Å². The second-order valence-corrected chi connectivity index (χ2v) is 3.79. The maximum atomic E-state index is 11.9. The number of hydrogen-bond donors (Lipinski definition) is 0. The Labute approximate surface area is 111 Å². The molecular formula is C14H15NO4. The number of aromatic nitrogens is 1. The highest BCUT2D eigenvalue weighted by atomic mass is 16.5. The summed E-state index contributed by atoms with van der Waals surface area (Å²) < 4.78 is 9.84. The van der Waals surface area contributed by atoms with Crippen LogP contribution >= 0.6 is 0 Å². The van der Waals surface area contributed by atoms with Gasteiger partial charge >= 0.3 is 11.9 Å². The predicted molar refractivity (Wildman–Crippen MR) is 68.6 cm³/mol. The van der Waals surface area contributed by atoms with Crippen molar-refractivity contribution < 1.29 is 19.1 Å². The van der Waals surface area contributed by atoms with E-state index in [2.05, 4.69) is 10.9 Å². The monoisotopic (exact) mass is 261 g/mol. The van der Waals surface area contributed by atoms with E-state index in [1.807, 2.05) is 0 Å². The standard InChI is InChI=1S/C14H15NO4/c1-5-9(3)19-14(17)12-7-11(8-15-10(12)4)13(16)18-6-2/h1,7-9H,6H2,2-4H3/t9-/m1/s1. The molecule has 1 aromatic heterocycles. The third-order valence-electron chi connectivity index (χ3n) is 2.34. The number of aryl methyl sites for hydroxylation is 1. The molecule has 0 aliphatic carbocycles. The maximum absolute atomic E-state index is 11.9. The molecule has 1 aromatic rings. The lowest BCUT2D eigenvalue weighted by Crippen LogP contribution is -2.16. The summed E-state index contributed by atoms with van der Waals surface area (Å²) >= 11 is 0. The molecule has 0 spiro atoms. The molecule has 0 saturated carbocycles. The van der Waals surface area contributed by atoms with E-state index >= 15 is 0 Å². The highest BCUT2D eigenvalue weighted by Crippen LogP contribution is 2.12. The number of nitrogens with zero attached hydrogens (tertiary/aromatic N) is 1. The van der Waals surface area contributed by atoms with Crippen molar-refractivity contribution in [3.05, 3.63) is 29.1 Å². The molecule has 0 radical (unpaired) electrons. The lowest BCUT2D eigenvalue weighted by molar-refractivity contribution is 0.0437. The minimum absolute atomic E-state index is 0.202. The molecule has 5 nitrogen and oxygen atoms in total. The van der Waals surface area contributed by atoms with E-state index < -0.39 is 18.0 Å². The fourth-order valence-electron chi connectivity index (χ4n) is 1.32. The summed E-state index contributed by atoms with van der Waals surface area (Å²) in [5.41, 5.74) is 0.864. The molecule has 0 aliphatic rings. The van der Waals surface area contributed by atoms with Crippen LogP contribution in [0.3, 0.4) is 0 Å². The van der Waals surface area contributed by atoms with Crippen LogP contribution in [0, 0.1) is 19.3 Å². The first kappa shape index (κ1) is 14.7. The highest BCUT2D eigenvalue weighted by Gasteiger charge is 2.17. The van der Waals surface area contributed by atoms with Crippen LogP contribution in [0.25, 0.3) is 0 Å². The predicted octanol–water partition coefficient (Wildman–Crippen LogP) is 1.75. The minimum atomic E-state index is -0.641. The molecule has 5 heteroatoms. The van der Waals surface area contributed by atoms with Crippen molar-refractivity contribution in [2.45, 2.75) is 26.9 Å². The fraction of sp³-hybridized carbons (Fsp3) is 0.357. The van der Waals surface area contributed by atoms with Gasteiger partial charge in [-0.05, 0) is 26.8 Å². The van der Waals surface area contributed by atoms with Gasteiger partial charge in [-0.25, -0.2) is 9.59 Å². The zero-order chi connectivity index (χ0) is 14.4. The van der Waals surface area contributed by atoms with Gasteiger partial charge in [0.2, 0.25) is 0 Å². The van der Waals surface area contributed by atoms with Gasteiger partial charge in [0.1, 0.15) is 0 Å². The average molecular weight is 261 g/mol. The maximum Gasteiger partial charge on any atom is 0.341 e. The van der Waals surface area contributed by atoms with Gasteiger partial charge in [0.05, 0.1) is 23.4 Å². The number of terminal acetylenes is 1. The first-order valence-corrected chi connectivity index (χ1v) is 5.80. The van der Waals surface area contributed by atoms with Crippen molar-refractivity contribution in [1.29, 1.82) is 0 Å². The van der Waals surface area contributed by atoms with Crippen molar-refractivity contribution in [2.75, 3.05) is 6.61 Å². The van der Waals surface area contributed by atoms with Crippen LogP contribution in [-0.4, -0.2) is 29.6 Å². The SMILES string of the molecule is C#C[C@@H](C)OC(=O)c1cc(C(=O)OCC)cnc1C. The summed E-state index contributed by atoms with van der Waals surface area (Å²) in [6, 6.07) is 1.39. The molecule has 1 heterocycles. The Morgan fingerprint density at radius 1 is 1.47 bits per heavy atom. The summed E-state index contributed by atoms with van der Waals surface area (Å²) in [7, 11) is 0. The van der Waals surface area contributed by atoms with Gasteiger partial charge < -0.3 is 9.47 Å². The van der Waals surface area contributed by atoms with Crippen molar-refractivity contribution in [3.63, 3.8) is 0 Å². The summed E-state index contributed by atoms with van der Waals surface area (Å²) in [5, 5.41) is 0. The van der Waals surface area contributed by atoms with Crippen LogP contribution in [0.2, 0.25) is 0 Å². The second kappa shape index (κ2) is 6.55. The molecule has 0 N–H and O–H groups in total. The lowest BCUT2D eigenvalue weighted by Gasteiger charge is -2.10.